The van der Waals surface area contributed by atoms with Crippen molar-refractivity contribution in [3.8, 4) is 5.75 Å². The molecular formula is C24H28Cl2N2O. The van der Waals surface area contributed by atoms with Crippen molar-refractivity contribution >= 4 is 24.8 Å². The molecule has 0 bridgehead atoms. The van der Waals surface area contributed by atoms with Crippen molar-refractivity contribution in [2.24, 2.45) is 5.73 Å². The van der Waals surface area contributed by atoms with Crippen LogP contribution in [-0.4, -0.2) is 24.0 Å². The van der Waals surface area contributed by atoms with E-state index in [1.165, 1.54) is 16.7 Å². The molecule has 154 valence electrons. The second kappa shape index (κ2) is 11.2. The molecule has 4 rings (SSSR count). The number of benzene rings is 3. The summed E-state index contributed by atoms with van der Waals surface area (Å²) in [7, 11) is 0. The topological polar surface area (TPSA) is 38.5 Å². The first-order valence-corrected chi connectivity index (χ1v) is 9.56. The second-order valence-corrected chi connectivity index (χ2v) is 7.30. The number of hydrogen-bond acceptors (Lipinski definition) is 3. The molecule has 1 fully saturated rings. The van der Waals surface area contributed by atoms with Gasteiger partial charge in [0.2, 0.25) is 0 Å². The molecule has 2 atom stereocenters. The van der Waals surface area contributed by atoms with Crippen LogP contribution < -0.4 is 10.5 Å². The van der Waals surface area contributed by atoms with E-state index in [2.05, 4.69) is 65.6 Å². The first-order valence-electron chi connectivity index (χ1n) is 9.56. The summed E-state index contributed by atoms with van der Waals surface area (Å²) in [6.07, 6.45) is 0. The number of likely N-dealkylation sites (tertiary alicyclic amines) is 1. The van der Waals surface area contributed by atoms with Crippen molar-refractivity contribution in [3.05, 3.63) is 102 Å². The minimum Gasteiger partial charge on any atom is -0.489 e. The summed E-state index contributed by atoms with van der Waals surface area (Å²) in [5.74, 6) is 1.25. The van der Waals surface area contributed by atoms with Gasteiger partial charge < -0.3 is 10.5 Å². The maximum Gasteiger partial charge on any atom is 0.120 e. The Kier molecular flexibility index (Phi) is 8.99. The molecule has 0 radical (unpaired) electrons. The smallest absolute Gasteiger partial charge is 0.120 e. The van der Waals surface area contributed by atoms with Crippen molar-refractivity contribution in [2.45, 2.75) is 25.1 Å². The van der Waals surface area contributed by atoms with Gasteiger partial charge in [0, 0.05) is 31.6 Å². The SMILES string of the molecule is Cl.Cl.NC1CN(Cc2ccccc2)CC1c1cccc(OCc2ccccc2)c1. The lowest BCUT2D eigenvalue weighted by Gasteiger charge is -2.17. The lowest BCUT2D eigenvalue weighted by molar-refractivity contribution is 0.305. The summed E-state index contributed by atoms with van der Waals surface area (Å²) in [5.41, 5.74) is 10.3. The predicted molar refractivity (Wildman–Crippen MR) is 124 cm³/mol. The van der Waals surface area contributed by atoms with Gasteiger partial charge in [-0.1, -0.05) is 72.8 Å². The second-order valence-electron chi connectivity index (χ2n) is 7.30. The average Bonchev–Trinajstić information content (AvgIpc) is 3.08. The van der Waals surface area contributed by atoms with E-state index in [1.54, 1.807) is 0 Å². The van der Waals surface area contributed by atoms with Gasteiger partial charge in [0.05, 0.1) is 0 Å². The molecule has 1 saturated heterocycles. The van der Waals surface area contributed by atoms with E-state index in [9.17, 15) is 0 Å². The van der Waals surface area contributed by atoms with Crippen LogP contribution in [0.25, 0.3) is 0 Å². The highest BCUT2D eigenvalue weighted by molar-refractivity contribution is 5.85. The minimum atomic E-state index is 0. The Balaban J connectivity index is 0.00000150. The molecule has 0 aliphatic carbocycles. The lowest BCUT2D eigenvalue weighted by atomic mass is 9.95. The van der Waals surface area contributed by atoms with Crippen molar-refractivity contribution in [2.75, 3.05) is 13.1 Å². The van der Waals surface area contributed by atoms with Crippen LogP contribution in [0.15, 0.2) is 84.9 Å². The van der Waals surface area contributed by atoms with Gasteiger partial charge in [-0.05, 0) is 28.8 Å². The number of ether oxygens (including phenoxy) is 1. The molecule has 1 heterocycles. The summed E-state index contributed by atoms with van der Waals surface area (Å²) < 4.78 is 6.00. The molecule has 0 spiro atoms. The summed E-state index contributed by atoms with van der Waals surface area (Å²) in [6, 6.07) is 29.4. The van der Waals surface area contributed by atoms with Gasteiger partial charge in [0.15, 0.2) is 0 Å². The largest absolute Gasteiger partial charge is 0.489 e. The van der Waals surface area contributed by atoms with Crippen molar-refractivity contribution in [3.63, 3.8) is 0 Å². The third kappa shape index (κ3) is 6.22. The lowest BCUT2D eigenvalue weighted by Crippen LogP contribution is -2.28. The quantitative estimate of drug-likeness (QED) is 0.595. The van der Waals surface area contributed by atoms with Crippen molar-refractivity contribution < 1.29 is 4.74 Å². The Bertz CT molecular complexity index is 861. The van der Waals surface area contributed by atoms with E-state index in [1.807, 2.05) is 24.3 Å². The molecule has 0 saturated carbocycles. The zero-order valence-electron chi connectivity index (χ0n) is 16.3. The molecule has 2 unspecified atom stereocenters. The van der Waals surface area contributed by atoms with Gasteiger partial charge in [-0.15, -0.1) is 24.8 Å². The predicted octanol–water partition coefficient (Wildman–Crippen LogP) is 5.04. The van der Waals surface area contributed by atoms with Gasteiger partial charge in [-0.2, -0.15) is 0 Å². The molecule has 2 N–H and O–H groups in total. The first kappa shape index (κ1) is 23.2. The molecule has 3 nitrogen and oxygen atoms in total. The maximum atomic E-state index is 6.49. The molecule has 0 aromatic heterocycles. The minimum absolute atomic E-state index is 0. The Hall–Kier alpha value is -2.04. The number of nitrogens with two attached hydrogens (primary N) is 1. The number of nitrogens with zero attached hydrogens (tertiary/aromatic N) is 1. The molecular weight excluding hydrogens is 403 g/mol. The van der Waals surface area contributed by atoms with Gasteiger partial charge in [-0.3, -0.25) is 4.90 Å². The third-order valence-corrected chi connectivity index (χ3v) is 5.22. The number of halogens is 2. The summed E-state index contributed by atoms with van der Waals surface area (Å²) in [6.45, 7) is 3.45. The van der Waals surface area contributed by atoms with Crippen LogP contribution in [0.5, 0.6) is 5.75 Å². The van der Waals surface area contributed by atoms with Crippen LogP contribution in [0.4, 0.5) is 0 Å². The zero-order valence-corrected chi connectivity index (χ0v) is 17.9. The highest BCUT2D eigenvalue weighted by Gasteiger charge is 2.31. The maximum absolute atomic E-state index is 6.49. The number of hydrogen-bond donors (Lipinski definition) is 1. The fourth-order valence-electron chi connectivity index (χ4n) is 3.81. The normalized spacial score (nSPS) is 18.5. The van der Waals surface area contributed by atoms with E-state index in [0.29, 0.717) is 12.5 Å². The Morgan fingerprint density at radius 1 is 0.793 bits per heavy atom. The van der Waals surface area contributed by atoms with E-state index >= 15 is 0 Å². The fraction of sp³-hybridized carbons (Fsp3) is 0.250. The Morgan fingerprint density at radius 3 is 2.14 bits per heavy atom. The van der Waals surface area contributed by atoms with Crippen LogP contribution in [0.2, 0.25) is 0 Å². The molecule has 1 aliphatic heterocycles. The van der Waals surface area contributed by atoms with E-state index in [4.69, 9.17) is 10.5 Å². The van der Waals surface area contributed by atoms with Crippen LogP contribution in [0, 0.1) is 0 Å². The monoisotopic (exact) mass is 430 g/mol. The highest BCUT2D eigenvalue weighted by atomic mass is 35.5. The molecule has 5 heteroatoms. The van der Waals surface area contributed by atoms with Gasteiger partial charge in [-0.25, -0.2) is 0 Å². The molecule has 0 amide bonds. The van der Waals surface area contributed by atoms with Crippen LogP contribution in [0.1, 0.15) is 22.6 Å². The molecule has 3 aromatic rings. The van der Waals surface area contributed by atoms with Crippen LogP contribution in [0.3, 0.4) is 0 Å². The summed E-state index contributed by atoms with van der Waals surface area (Å²) >= 11 is 0. The van der Waals surface area contributed by atoms with Gasteiger partial charge >= 0.3 is 0 Å². The standard InChI is InChI=1S/C24H26N2O.2ClH/c25-24-17-26(15-19-8-3-1-4-9-19)16-23(24)21-12-7-13-22(14-21)27-18-20-10-5-2-6-11-20;;/h1-14,23-24H,15-18,25H2;2*1H. The van der Waals surface area contributed by atoms with Gasteiger partial charge in [0.1, 0.15) is 12.4 Å². The molecule has 3 aromatic carbocycles. The molecule has 29 heavy (non-hydrogen) atoms. The van der Waals surface area contributed by atoms with E-state index in [0.717, 1.165) is 25.4 Å². The van der Waals surface area contributed by atoms with Crippen LogP contribution >= 0.6 is 24.8 Å². The Morgan fingerprint density at radius 2 is 1.45 bits per heavy atom. The zero-order chi connectivity index (χ0) is 18.5. The third-order valence-electron chi connectivity index (χ3n) is 5.22. The van der Waals surface area contributed by atoms with Gasteiger partial charge in [0.25, 0.3) is 0 Å². The first-order chi connectivity index (χ1) is 13.3. The van der Waals surface area contributed by atoms with Crippen LogP contribution in [-0.2, 0) is 13.2 Å². The Labute approximate surface area is 185 Å². The van der Waals surface area contributed by atoms with Crippen molar-refractivity contribution in [1.82, 2.24) is 4.90 Å². The number of rotatable bonds is 6. The van der Waals surface area contributed by atoms with E-state index < -0.39 is 0 Å². The van der Waals surface area contributed by atoms with Crippen molar-refractivity contribution in [1.29, 1.82) is 0 Å². The summed E-state index contributed by atoms with van der Waals surface area (Å²) in [5, 5.41) is 0. The average molecular weight is 431 g/mol. The summed E-state index contributed by atoms with van der Waals surface area (Å²) in [4.78, 5) is 2.45. The van der Waals surface area contributed by atoms with E-state index in [-0.39, 0.29) is 30.9 Å². The molecule has 1 aliphatic rings. The fourth-order valence-corrected chi connectivity index (χ4v) is 3.81. The highest BCUT2D eigenvalue weighted by Crippen LogP contribution is 2.30.